The molecule has 0 unspecified atom stereocenters. The second-order valence-corrected chi connectivity index (χ2v) is 3.39. The van der Waals surface area contributed by atoms with Crippen molar-refractivity contribution in [2.45, 2.75) is 6.54 Å². The highest BCUT2D eigenvalue weighted by atomic mass is 19.1. The van der Waals surface area contributed by atoms with Crippen LogP contribution >= 0.6 is 0 Å². The van der Waals surface area contributed by atoms with Crippen LogP contribution in [-0.2, 0) is 6.54 Å². The predicted molar refractivity (Wildman–Crippen MR) is 58.6 cm³/mol. The second kappa shape index (κ2) is 4.34. The van der Waals surface area contributed by atoms with E-state index in [-0.39, 0.29) is 17.8 Å². The molecule has 1 aromatic heterocycles. The number of non-ortho nitro benzene ring substituents is 1. The topological polar surface area (TPSA) is 82.3 Å². The molecule has 0 saturated carbocycles. The molecule has 2 rings (SSSR count). The summed E-state index contributed by atoms with van der Waals surface area (Å²) < 4.78 is 18.9. The molecule has 0 spiro atoms. The first-order chi connectivity index (χ1) is 8.11. The predicted octanol–water partition coefficient (Wildman–Crippen LogP) is 2.45. The van der Waals surface area contributed by atoms with Crippen LogP contribution in [0.3, 0.4) is 0 Å². The number of hydrogen-bond acceptors (Lipinski definition) is 4. The molecule has 17 heavy (non-hydrogen) atoms. The number of hydrogen-bond donors (Lipinski definition) is 1. The quantitative estimate of drug-likeness (QED) is 0.655. The maximum atomic E-state index is 13.6. The van der Waals surface area contributed by atoms with Crippen molar-refractivity contribution in [3.63, 3.8) is 0 Å². The standard InChI is InChI=1S/C11H9FN2O3/c12-10-5-7(14(15)16)1-3-9(10)11-4-2-8(6-13)17-11/h1-5H,6,13H2. The van der Waals surface area contributed by atoms with E-state index < -0.39 is 10.7 Å². The number of nitrogens with zero attached hydrogens (tertiary/aromatic N) is 1. The molecule has 0 aliphatic heterocycles. The zero-order valence-corrected chi connectivity index (χ0v) is 8.72. The van der Waals surface area contributed by atoms with Crippen LogP contribution in [0.5, 0.6) is 0 Å². The molecule has 0 fully saturated rings. The minimum absolute atomic E-state index is 0.176. The Balaban J connectivity index is 2.42. The number of nitro benzene ring substituents is 1. The van der Waals surface area contributed by atoms with Gasteiger partial charge in [-0.1, -0.05) is 0 Å². The highest BCUT2D eigenvalue weighted by molar-refractivity contribution is 5.60. The molecule has 1 aromatic carbocycles. The fraction of sp³-hybridized carbons (Fsp3) is 0.0909. The SMILES string of the molecule is NCc1ccc(-c2ccc([N+](=O)[O-])cc2F)o1. The van der Waals surface area contributed by atoms with Gasteiger partial charge in [-0.2, -0.15) is 0 Å². The van der Waals surface area contributed by atoms with Crippen molar-refractivity contribution < 1.29 is 13.7 Å². The molecule has 0 saturated heterocycles. The van der Waals surface area contributed by atoms with Crippen LogP contribution in [-0.4, -0.2) is 4.92 Å². The number of furan rings is 1. The van der Waals surface area contributed by atoms with Crippen molar-refractivity contribution in [1.29, 1.82) is 0 Å². The smallest absolute Gasteiger partial charge is 0.272 e. The lowest BCUT2D eigenvalue weighted by atomic mass is 10.1. The van der Waals surface area contributed by atoms with Gasteiger partial charge < -0.3 is 10.2 Å². The van der Waals surface area contributed by atoms with Gasteiger partial charge in [0, 0.05) is 6.07 Å². The molecule has 2 N–H and O–H groups in total. The average molecular weight is 236 g/mol. The number of benzene rings is 1. The molecule has 88 valence electrons. The molecule has 0 amide bonds. The van der Waals surface area contributed by atoms with Gasteiger partial charge in [-0.15, -0.1) is 0 Å². The summed E-state index contributed by atoms with van der Waals surface area (Å²) in [4.78, 5) is 9.80. The summed E-state index contributed by atoms with van der Waals surface area (Å²) in [5.41, 5.74) is 5.25. The normalized spacial score (nSPS) is 10.5. The summed E-state index contributed by atoms with van der Waals surface area (Å²) >= 11 is 0. The van der Waals surface area contributed by atoms with Gasteiger partial charge in [0.25, 0.3) is 5.69 Å². The van der Waals surface area contributed by atoms with Crippen molar-refractivity contribution in [3.05, 3.63) is 52.0 Å². The Labute approximate surface area is 95.8 Å². The van der Waals surface area contributed by atoms with E-state index in [4.69, 9.17) is 10.2 Å². The third-order valence-electron chi connectivity index (χ3n) is 2.29. The van der Waals surface area contributed by atoms with Gasteiger partial charge in [0.1, 0.15) is 17.3 Å². The van der Waals surface area contributed by atoms with Gasteiger partial charge in [0.15, 0.2) is 0 Å². The number of rotatable bonds is 3. The number of halogens is 1. The molecule has 0 radical (unpaired) electrons. The Morgan fingerprint density at radius 2 is 2.12 bits per heavy atom. The van der Waals surface area contributed by atoms with E-state index in [0.717, 1.165) is 6.07 Å². The monoisotopic (exact) mass is 236 g/mol. The van der Waals surface area contributed by atoms with E-state index in [1.165, 1.54) is 12.1 Å². The summed E-state index contributed by atoms with van der Waals surface area (Å²) in [7, 11) is 0. The second-order valence-electron chi connectivity index (χ2n) is 3.39. The first-order valence-electron chi connectivity index (χ1n) is 4.85. The molecule has 0 aliphatic carbocycles. The van der Waals surface area contributed by atoms with E-state index in [2.05, 4.69) is 0 Å². The van der Waals surface area contributed by atoms with Crippen LogP contribution in [0.15, 0.2) is 34.7 Å². The van der Waals surface area contributed by atoms with Gasteiger partial charge in [-0.05, 0) is 18.2 Å². The number of nitro groups is 1. The van der Waals surface area contributed by atoms with Crippen LogP contribution in [0, 0.1) is 15.9 Å². The van der Waals surface area contributed by atoms with Gasteiger partial charge in [0.05, 0.1) is 23.1 Å². The highest BCUT2D eigenvalue weighted by Gasteiger charge is 2.14. The van der Waals surface area contributed by atoms with Crippen LogP contribution in [0.1, 0.15) is 5.76 Å². The lowest BCUT2D eigenvalue weighted by Gasteiger charge is -1.99. The molecule has 5 nitrogen and oxygen atoms in total. The summed E-state index contributed by atoms with van der Waals surface area (Å²) in [5, 5.41) is 10.5. The highest BCUT2D eigenvalue weighted by Crippen LogP contribution is 2.27. The Kier molecular flexibility index (Phi) is 2.88. The summed E-state index contributed by atoms with van der Waals surface area (Å²) in [6.07, 6.45) is 0. The van der Waals surface area contributed by atoms with E-state index in [1.54, 1.807) is 12.1 Å². The van der Waals surface area contributed by atoms with Gasteiger partial charge in [-0.25, -0.2) is 4.39 Å². The molecular formula is C11H9FN2O3. The molecule has 0 atom stereocenters. The lowest BCUT2D eigenvalue weighted by Crippen LogP contribution is -1.93. The van der Waals surface area contributed by atoms with Gasteiger partial charge >= 0.3 is 0 Å². The van der Waals surface area contributed by atoms with E-state index >= 15 is 0 Å². The zero-order chi connectivity index (χ0) is 12.4. The Hall–Kier alpha value is -2.21. The van der Waals surface area contributed by atoms with E-state index in [1.807, 2.05) is 0 Å². The fourth-order valence-corrected chi connectivity index (χ4v) is 1.45. The van der Waals surface area contributed by atoms with E-state index in [0.29, 0.717) is 11.5 Å². The average Bonchev–Trinajstić information content (AvgIpc) is 2.77. The Bertz CT molecular complexity index is 566. The lowest BCUT2D eigenvalue weighted by molar-refractivity contribution is -0.385. The molecular weight excluding hydrogens is 227 g/mol. The molecule has 0 bridgehead atoms. The molecule has 1 heterocycles. The Morgan fingerprint density at radius 3 is 2.65 bits per heavy atom. The minimum atomic E-state index is -0.697. The summed E-state index contributed by atoms with van der Waals surface area (Å²) in [6.45, 7) is 0.217. The van der Waals surface area contributed by atoms with Crippen molar-refractivity contribution in [2.24, 2.45) is 5.73 Å². The van der Waals surface area contributed by atoms with Crippen molar-refractivity contribution in [2.75, 3.05) is 0 Å². The van der Waals surface area contributed by atoms with Crippen LogP contribution in [0.4, 0.5) is 10.1 Å². The van der Waals surface area contributed by atoms with Crippen LogP contribution < -0.4 is 5.73 Å². The van der Waals surface area contributed by atoms with E-state index in [9.17, 15) is 14.5 Å². The molecule has 2 aromatic rings. The minimum Gasteiger partial charge on any atom is -0.460 e. The number of nitrogens with two attached hydrogens (primary N) is 1. The third kappa shape index (κ3) is 2.16. The summed E-state index contributed by atoms with van der Waals surface area (Å²) in [6, 6.07) is 6.61. The molecule has 0 aliphatic rings. The Morgan fingerprint density at radius 1 is 1.35 bits per heavy atom. The van der Waals surface area contributed by atoms with Crippen LogP contribution in [0.25, 0.3) is 11.3 Å². The first-order valence-corrected chi connectivity index (χ1v) is 4.85. The third-order valence-corrected chi connectivity index (χ3v) is 2.29. The fourth-order valence-electron chi connectivity index (χ4n) is 1.45. The van der Waals surface area contributed by atoms with Gasteiger partial charge in [-0.3, -0.25) is 10.1 Å². The molecule has 6 heteroatoms. The largest absolute Gasteiger partial charge is 0.460 e. The van der Waals surface area contributed by atoms with Crippen molar-refractivity contribution in [1.82, 2.24) is 0 Å². The van der Waals surface area contributed by atoms with Crippen molar-refractivity contribution >= 4 is 5.69 Å². The zero-order valence-electron chi connectivity index (χ0n) is 8.72. The maximum Gasteiger partial charge on any atom is 0.272 e. The maximum absolute atomic E-state index is 13.6. The first kappa shape index (κ1) is 11.3. The van der Waals surface area contributed by atoms with Gasteiger partial charge in [0.2, 0.25) is 0 Å². The summed E-state index contributed by atoms with van der Waals surface area (Å²) in [5.74, 6) is 0.132. The van der Waals surface area contributed by atoms with Crippen LogP contribution in [0.2, 0.25) is 0 Å². The van der Waals surface area contributed by atoms with Crippen molar-refractivity contribution in [3.8, 4) is 11.3 Å².